The van der Waals surface area contributed by atoms with Gasteiger partial charge in [-0.1, -0.05) is 0 Å². The summed E-state index contributed by atoms with van der Waals surface area (Å²) in [7, 11) is 0. The third kappa shape index (κ3) is 4.51. The number of hydrogen-bond acceptors (Lipinski definition) is 4. The highest BCUT2D eigenvalue weighted by Crippen LogP contribution is 2.15. The molecule has 1 aromatic carbocycles. The van der Waals surface area contributed by atoms with Gasteiger partial charge in [0.15, 0.2) is 0 Å². The Morgan fingerprint density at radius 2 is 2.20 bits per heavy atom. The maximum Gasteiger partial charge on any atom is 0.238 e. The molecule has 110 valence electrons. The van der Waals surface area contributed by atoms with Crippen LogP contribution in [0.2, 0.25) is 0 Å². The van der Waals surface area contributed by atoms with Gasteiger partial charge in [0.2, 0.25) is 5.91 Å². The van der Waals surface area contributed by atoms with Gasteiger partial charge in [-0.15, -0.1) is 0 Å². The number of rotatable bonds is 5. The van der Waals surface area contributed by atoms with Crippen LogP contribution in [0.1, 0.15) is 13.8 Å². The van der Waals surface area contributed by atoms with E-state index in [9.17, 15) is 4.79 Å². The first kappa shape index (κ1) is 14.8. The van der Waals surface area contributed by atoms with Crippen LogP contribution >= 0.6 is 0 Å². The molecule has 0 aliphatic carbocycles. The Hall–Kier alpha value is -1.59. The molecule has 0 saturated carbocycles. The van der Waals surface area contributed by atoms with E-state index in [4.69, 9.17) is 4.74 Å². The van der Waals surface area contributed by atoms with Crippen molar-refractivity contribution in [2.24, 2.45) is 0 Å². The summed E-state index contributed by atoms with van der Waals surface area (Å²) in [6, 6.07) is 7.91. The number of ether oxygens (including phenoxy) is 1. The van der Waals surface area contributed by atoms with Crippen molar-refractivity contribution < 1.29 is 9.53 Å². The summed E-state index contributed by atoms with van der Waals surface area (Å²) in [5.41, 5.74) is 0.807. The van der Waals surface area contributed by atoms with E-state index < -0.39 is 0 Å². The van der Waals surface area contributed by atoms with Crippen LogP contribution in [-0.2, 0) is 4.79 Å². The summed E-state index contributed by atoms with van der Waals surface area (Å²) in [4.78, 5) is 14.2. The largest absolute Gasteiger partial charge is 0.494 e. The fourth-order valence-electron chi connectivity index (χ4n) is 2.36. The molecule has 0 unspecified atom stereocenters. The highest BCUT2D eigenvalue weighted by molar-refractivity contribution is 5.92. The molecular formula is C15H23N3O2. The van der Waals surface area contributed by atoms with Gasteiger partial charge in [-0.3, -0.25) is 9.69 Å². The second-order valence-corrected chi connectivity index (χ2v) is 5.10. The lowest BCUT2D eigenvalue weighted by molar-refractivity contribution is -0.117. The zero-order valence-corrected chi connectivity index (χ0v) is 12.2. The zero-order chi connectivity index (χ0) is 14.4. The van der Waals surface area contributed by atoms with Crippen molar-refractivity contribution in [1.29, 1.82) is 0 Å². The second kappa shape index (κ2) is 7.26. The standard InChI is InChI=1S/C15H23N3O2/c1-3-20-14-6-4-13(5-7-14)17-15(19)11-18-9-8-16-12(2)10-18/h4-7,12,16H,3,8-11H2,1-2H3,(H,17,19)/t12-/m0/s1. The zero-order valence-electron chi connectivity index (χ0n) is 12.2. The fraction of sp³-hybridized carbons (Fsp3) is 0.533. The van der Waals surface area contributed by atoms with Crippen LogP contribution in [-0.4, -0.2) is 49.6 Å². The van der Waals surface area contributed by atoms with Crippen LogP contribution in [0.15, 0.2) is 24.3 Å². The molecule has 5 nitrogen and oxygen atoms in total. The molecule has 1 aromatic rings. The van der Waals surface area contributed by atoms with Crippen molar-refractivity contribution in [3.8, 4) is 5.75 Å². The molecule has 2 rings (SSSR count). The molecule has 2 N–H and O–H groups in total. The molecule has 1 saturated heterocycles. The number of nitrogens with zero attached hydrogens (tertiary/aromatic N) is 1. The molecule has 0 bridgehead atoms. The Balaban J connectivity index is 1.81. The number of piperazine rings is 1. The SMILES string of the molecule is CCOc1ccc(NC(=O)CN2CCN[C@@H](C)C2)cc1. The number of carbonyl (C=O) groups excluding carboxylic acids is 1. The van der Waals surface area contributed by atoms with Crippen LogP contribution in [0.25, 0.3) is 0 Å². The third-order valence-electron chi connectivity index (χ3n) is 3.27. The number of carbonyl (C=O) groups is 1. The molecule has 1 aliphatic rings. The summed E-state index contributed by atoms with van der Waals surface area (Å²) in [5, 5.41) is 6.28. The summed E-state index contributed by atoms with van der Waals surface area (Å²) in [6.07, 6.45) is 0. The minimum absolute atomic E-state index is 0.0308. The van der Waals surface area contributed by atoms with Crippen LogP contribution in [0.5, 0.6) is 5.75 Å². The predicted octanol–water partition coefficient (Wildman–Crippen LogP) is 1.32. The Bertz CT molecular complexity index is 433. The van der Waals surface area contributed by atoms with E-state index in [0.29, 0.717) is 19.2 Å². The van der Waals surface area contributed by atoms with E-state index in [0.717, 1.165) is 31.1 Å². The van der Waals surface area contributed by atoms with Gasteiger partial charge in [0.25, 0.3) is 0 Å². The van der Waals surface area contributed by atoms with Gasteiger partial charge >= 0.3 is 0 Å². The van der Waals surface area contributed by atoms with E-state index in [-0.39, 0.29) is 5.91 Å². The van der Waals surface area contributed by atoms with Crippen molar-refractivity contribution in [3.05, 3.63) is 24.3 Å². The summed E-state index contributed by atoms with van der Waals surface area (Å²) >= 11 is 0. The van der Waals surface area contributed by atoms with Gasteiger partial charge in [0.1, 0.15) is 5.75 Å². The molecule has 1 aliphatic heterocycles. The summed E-state index contributed by atoms with van der Waals surface area (Å²) in [5.74, 6) is 0.852. The first-order chi connectivity index (χ1) is 9.67. The molecular weight excluding hydrogens is 254 g/mol. The minimum Gasteiger partial charge on any atom is -0.494 e. The lowest BCUT2D eigenvalue weighted by Crippen LogP contribution is -2.51. The van der Waals surface area contributed by atoms with Crippen LogP contribution in [0.3, 0.4) is 0 Å². The van der Waals surface area contributed by atoms with Gasteiger partial charge in [-0.05, 0) is 38.1 Å². The van der Waals surface area contributed by atoms with E-state index in [2.05, 4.69) is 22.5 Å². The molecule has 5 heteroatoms. The Morgan fingerprint density at radius 3 is 2.85 bits per heavy atom. The molecule has 0 spiro atoms. The van der Waals surface area contributed by atoms with Gasteiger partial charge in [0, 0.05) is 31.4 Å². The quantitative estimate of drug-likeness (QED) is 0.852. The lowest BCUT2D eigenvalue weighted by atomic mass is 10.2. The minimum atomic E-state index is 0.0308. The number of amides is 1. The van der Waals surface area contributed by atoms with Gasteiger partial charge in [-0.25, -0.2) is 0 Å². The number of anilines is 1. The molecule has 1 amide bonds. The van der Waals surface area contributed by atoms with Gasteiger partial charge in [-0.2, -0.15) is 0 Å². The van der Waals surface area contributed by atoms with Crippen molar-refractivity contribution in [2.75, 3.05) is 38.1 Å². The van der Waals surface area contributed by atoms with E-state index >= 15 is 0 Å². The fourth-order valence-corrected chi connectivity index (χ4v) is 2.36. The summed E-state index contributed by atoms with van der Waals surface area (Å²) < 4.78 is 5.37. The van der Waals surface area contributed by atoms with Crippen molar-refractivity contribution in [1.82, 2.24) is 10.2 Å². The van der Waals surface area contributed by atoms with E-state index in [1.807, 2.05) is 31.2 Å². The average Bonchev–Trinajstić information content (AvgIpc) is 2.41. The first-order valence-electron chi connectivity index (χ1n) is 7.16. The molecule has 1 heterocycles. The predicted molar refractivity (Wildman–Crippen MR) is 80.1 cm³/mol. The van der Waals surface area contributed by atoms with Crippen LogP contribution in [0, 0.1) is 0 Å². The van der Waals surface area contributed by atoms with Crippen molar-refractivity contribution in [2.45, 2.75) is 19.9 Å². The lowest BCUT2D eigenvalue weighted by Gasteiger charge is -2.31. The third-order valence-corrected chi connectivity index (χ3v) is 3.27. The molecule has 1 fully saturated rings. The Morgan fingerprint density at radius 1 is 1.45 bits per heavy atom. The number of benzene rings is 1. The van der Waals surface area contributed by atoms with Gasteiger partial charge < -0.3 is 15.4 Å². The van der Waals surface area contributed by atoms with Gasteiger partial charge in [0.05, 0.1) is 13.2 Å². The van der Waals surface area contributed by atoms with Crippen LogP contribution < -0.4 is 15.4 Å². The highest BCUT2D eigenvalue weighted by atomic mass is 16.5. The maximum absolute atomic E-state index is 12.0. The Kier molecular flexibility index (Phi) is 5.38. The number of hydrogen-bond donors (Lipinski definition) is 2. The number of nitrogens with one attached hydrogen (secondary N) is 2. The second-order valence-electron chi connectivity index (χ2n) is 5.10. The van der Waals surface area contributed by atoms with Crippen molar-refractivity contribution in [3.63, 3.8) is 0 Å². The first-order valence-corrected chi connectivity index (χ1v) is 7.16. The Labute approximate surface area is 120 Å². The highest BCUT2D eigenvalue weighted by Gasteiger charge is 2.17. The molecule has 20 heavy (non-hydrogen) atoms. The normalized spacial score (nSPS) is 19.6. The average molecular weight is 277 g/mol. The molecule has 0 aromatic heterocycles. The summed E-state index contributed by atoms with van der Waals surface area (Å²) in [6.45, 7) is 7.95. The monoisotopic (exact) mass is 277 g/mol. The maximum atomic E-state index is 12.0. The smallest absolute Gasteiger partial charge is 0.238 e. The molecule has 1 atom stereocenters. The van der Waals surface area contributed by atoms with Crippen LogP contribution in [0.4, 0.5) is 5.69 Å². The topological polar surface area (TPSA) is 53.6 Å². The van der Waals surface area contributed by atoms with Crippen molar-refractivity contribution >= 4 is 11.6 Å². The van der Waals surface area contributed by atoms with E-state index in [1.54, 1.807) is 0 Å². The molecule has 0 radical (unpaired) electrons. The van der Waals surface area contributed by atoms with E-state index in [1.165, 1.54) is 0 Å².